The van der Waals surface area contributed by atoms with E-state index in [2.05, 4.69) is 26.0 Å². The van der Waals surface area contributed by atoms with Crippen molar-refractivity contribution in [3.8, 4) is 0 Å². The molecule has 0 fully saturated rings. The molecule has 0 saturated heterocycles. The molecule has 0 radical (unpaired) electrons. The number of amides is 1. The number of rotatable bonds is 1. The number of fused-ring (bicyclic) bond motifs is 1. The highest BCUT2D eigenvalue weighted by Gasteiger charge is 2.34. The van der Waals surface area contributed by atoms with Gasteiger partial charge in [-0.05, 0) is 23.8 Å². The van der Waals surface area contributed by atoms with Gasteiger partial charge in [-0.1, -0.05) is 15.9 Å². The van der Waals surface area contributed by atoms with E-state index in [1.807, 2.05) is 0 Å². The van der Waals surface area contributed by atoms with Crippen molar-refractivity contribution in [1.82, 2.24) is 5.32 Å². The van der Waals surface area contributed by atoms with Gasteiger partial charge in [0.15, 0.2) is 6.04 Å². The zero-order valence-corrected chi connectivity index (χ0v) is 9.50. The zero-order chi connectivity index (χ0) is 11.0. The molecule has 1 unspecified atom stereocenters. The van der Waals surface area contributed by atoms with Crippen LogP contribution in [-0.4, -0.2) is 19.0 Å². The Morgan fingerprint density at radius 1 is 1.53 bits per heavy atom. The first-order chi connectivity index (χ1) is 7.13. The largest absolute Gasteiger partial charge is 0.467 e. The third-order valence-corrected chi connectivity index (χ3v) is 2.77. The van der Waals surface area contributed by atoms with Crippen molar-refractivity contribution in [3.63, 3.8) is 0 Å². The van der Waals surface area contributed by atoms with Crippen molar-refractivity contribution >= 4 is 27.8 Å². The molecule has 1 aliphatic rings. The topological polar surface area (TPSA) is 55.4 Å². The number of esters is 1. The molecule has 1 aromatic carbocycles. The molecule has 1 N–H and O–H groups in total. The van der Waals surface area contributed by atoms with Crippen LogP contribution in [0.4, 0.5) is 0 Å². The normalized spacial score (nSPS) is 18.3. The number of nitrogens with one attached hydrogen (secondary N) is 1. The summed E-state index contributed by atoms with van der Waals surface area (Å²) in [4.78, 5) is 22.9. The van der Waals surface area contributed by atoms with Gasteiger partial charge in [-0.3, -0.25) is 4.79 Å². The SMILES string of the molecule is COC(=O)C1NC(=O)c2ccc(Br)cc21. The number of hydrogen-bond acceptors (Lipinski definition) is 3. The molecule has 1 aliphatic heterocycles. The lowest BCUT2D eigenvalue weighted by atomic mass is 10.1. The summed E-state index contributed by atoms with van der Waals surface area (Å²) in [6.07, 6.45) is 0. The molecule has 0 spiro atoms. The van der Waals surface area contributed by atoms with Crippen LogP contribution in [0.5, 0.6) is 0 Å². The molecule has 15 heavy (non-hydrogen) atoms. The molecule has 0 saturated carbocycles. The third kappa shape index (κ3) is 1.63. The first-order valence-electron chi connectivity index (χ1n) is 4.31. The molecule has 1 heterocycles. The maximum absolute atomic E-state index is 11.5. The van der Waals surface area contributed by atoms with Gasteiger partial charge in [-0.15, -0.1) is 0 Å². The Hall–Kier alpha value is -1.36. The highest BCUT2D eigenvalue weighted by molar-refractivity contribution is 9.10. The van der Waals surface area contributed by atoms with Crippen molar-refractivity contribution in [1.29, 1.82) is 0 Å². The quantitative estimate of drug-likeness (QED) is 0.785. The van der Waals surface area contributed by atoms with Crippen molar-refractivity contribution in [2.45, 2.75) is 6.04 Å². The minimum Gasteiger partial charge on any atom is -0.467 e. The smallest absolute Gasteiger partial charge is 0.333 e. The molecule has 0 aromatic heterocycles. The highest BCUT2D eigenvalue weighted by Crippen LogP contribution is 2.28. The standard InChI is InChI=1S/C10H8BrNO3/c1-15-10(14)8-7-4-5(11)2-3-6(7)9(13)12-8/h2-4,8H,1H3,(H,12,13). The first-order valence-corrected chi connectivity index (χ1v) is 5.11. The Morgan fingerprint density at radius 3 is 2.93 bits per heavy atom. The van der Waals surface area contributed by atoms with E-state index < -0.39 is 12.0 Å². The lowest BCUT2D eigenvalue weighted by Crippen LogP contribution is -2.26. The number of hydrogen-bond donors (Lipinski definition) is 1. The fourth-order valence-corrected chi connectivity index (χ4v) is 1.95. The van der Waals surface area contributed by atoms with Crippen molar-refractivity contribution < 1.29 is 14.3 Å². The molecule has 2 rings (SSSR count). The minimum atomic E-state index is -0.685. The predicted octanol–water partition coefficient (Wildman–Crippen LogP) is 1.41. The van der Waals surface area contributed by atoms with E-state index in [1.54, 1.807) is 18.2 Å². The lowest BCUT2D eigenvalue weighted by Gasteiger charge is -2.08. The number of methoxy groups -OCH3 is 1. The molecule has 1 atom stereocenters. The summed E-state index contributed by atoms with van der Waals surface area (Å²) in [5, 5.41) is 2.56. The molecule has 5 heteroatoms. The molecular formula is C10H8BrNO3. The zero-order valence-electron chi connectivity index (χ0n) is 7.91. The van der Waals surface area contributed by atoms with E-state index in [0.717, 1.165) is 4.47 Å². The van der Waals surface area contributed by atoms with Crippen LogP contribution in [0.25, 0.3) is 0 Å². The average molecular weight is 270 g/mol. The second kappa shape index (κ2) is 3.66. The first kappa shape index (κ1) is 10.2. The summed E-state index contributed by atoms with van der Waals surface area (Å²) in [5.74, 6) is -0.701. The summed E-state index contributed by atoms with van der Waals surface area (Å²) in [6, 6.07) is 4.50. The molecule has 0 bridgehead atoms. The van der Waals surface area contributed by atoms with E-state index >= 15 is 0 Å². The molecule has 1 aromatic rings. The van der Waals surface area contributed by atoms with Gasteiger partial charge in [0, 0.05) is 10.0 Å². The van der Waals surface area contributed by atoms with Crippen molar-refractivity contribution in [2.24, 2.45) is 0 Å². The summed E-state index contributed by atoms with van der Waals surface area (Å²) in [6.45, 7) is 0. The van der Waals surface area contributed by atoms with Crippen LogP contribution in [0.15, 0.2) is 22.7 Å². The Labute approximate surface area is 94.7 Å². The average Bonchev–Trinajstić information content (AvgIpc) is 2.54. The fourth-order valence-electron chi connectivity index (χ4n) is 1.57. The van der Waals surface area contributed by atoms with E-state index in [0.29, 0.717) is 11.1 Å². The molecule has 0 aliphatic carbocycles. The summed E-state index contributed by atoms with van der Waals surface area (Å²) < 4.78 is 5.44. The third-order valence-electron chi connectivity index (χ3n) is 2.28. The monoisotopic (exact) mass is 269 g/mol. The van der Waals surface area contributed by atoms with Crippen LogP contribution in [0.3, 0.4) is 0 Å². The van der Waals surface area contributed by atoms with Crippen molar-refractivity contribution in [3.05, 3.63) is 33.8 Å². The Morgan fingerprint density at radius 2 is 2.27 bits per heavy atom. The van der Waals surface area contributed by atoms with Crippen LogP contribution in [0.1, 0.15) is 22.0 Å². The number of carbonyl (C=O) groups is 2. The summed E-state index contributed by atoms with van der Waals surface area (Å²) in [7, 11) is 1.30. The maximum Gasteiger partial charge on any atom is 0.333 e. The van der Waals surface area contributed by atoms with Gasteiger partial charge in [-0.2, -0.15) is 0 Å². The second-order valence-corrected chi connectivity index (χ2v) is 4.08. The summed E-state index contributed by atoms with van der Waals surface area (Å²) >= 11 is 3.29. The minimum absolute atomic E-state index is 0.243. The number of carbonyl (C=O) groups excluding carboxylic acids is 2. The van der Waals surface area contributed by atoms with Crippen LogP contribution < -0.4 is 5.32 Å². The van der Waals surface area contributed by atoms with E-state index in [1.165, 1.54) is 7.11 Å². The van der Waals surface area contributed by atoms with Gasteiger partial charge in [0.25, 0.3) is 5.91 Å². The van der Waals surface area contributed by atoms with Crippen LogP contribution in [-0.2, 0) is 9.53 Å². The molecule has 4 nitrogen and oxygen atoms in total. The van der Waals surface area contributed by atoms with Crippen molar-refractivity contribution in [2.75, 3.05) is 7.11 Å². The number of ether oxygens (including phenoxy) is 1. The predicted molar refractivity (Wildman–Crippen MR) is 56.4 cm³/mol. The van der Waals surface area contributed by atoms with E-state index in [4.69, 9.17) is 0 Å². The highest BCUT2D eigenvalue weighted by atomic mass is 79.9. The Balaban J connectivity index is 2.48. The molecule has 78 valence electrons. The fraction of sp³-hybridized carbons (Fsp3) is 0.200. The number of benzene rings is 1. The maximum atomic E-state index is 11.5. The number of halogens is 1. The van der Waals surface area contributed by atoms with Gasteiger partial charge in [0.1, 0.15) is 0 Å². The summed E-state index contributed by atoms with van der Waals surface area (Å²) in [5.41, 5.74) is 1.18. The van der Waals surface area contributed by atoms with Gasteiger partial charge < -0.3 is 10.1 Å². The van der Waals surface area contributed by atoms with Gasteiger partial charge in [-0.25, -0.2) is 4.79 Å². The Kier molecular flexibility index (Phi) is 2.48. The Bertz CT molecular complexity index is 444. The van der Waals surface area contributed by atoms with Crippen LogP contribution in [0.2, 0.25) is 0 Å². The van der Waals surface area contributed by atoms with E-state index in [-0.39, 0.29) is 5.91 Å². The van der Waals surface area contributed by atoms with Gasteiger partial charge in [0.05, 0.1) is 7.11 Å². The molecule has 1 amide bonds. The van der Waals surface area contributed by atoms with Gasteiger partial charge >= 0.3 is 5.97 Å². The van der Waals surface area contributed by atoms with Crippen LogP contribution >= 0.6 is 15.9 Å². The van der Waals surface area contributed by atoms with Gasteiger partial charge in [0.2, 0.25) is 0 Å². The van der Waals surface area contributed by atoms with E-state index in [9.17, 15) is 9.59 Å². The molecular weight excluding hydrogens is 262 g/mol. The lowest BCUT2D eigenvalue weighted by molar-refractivity contribution is -0.142. The van der Waals surface area contributed by atoms with Crippen LogP contribution in [0, 0.1) is 0 Å². The second-order valence-electron chi connectivity index (χ2n) is 3.16.